The average molecular weight is 316 g/mol. The summed E-state index contributed by atoms with van der Waals surface area (Å²) in [6.45, 7) is 0. The molecule has 2 nitrogen and oxygen atoms in total. The fourth-order valence-corrected chi connectivity index (χ4v) is 4.39. The molecular weight excluding hydrogens is 300 g/mol. The summed E-state index contributed by atoms with van der Waals surface area (Å²) in [4.78, 5) is 13.1. The zero-order valence-electron chi connectivity index (χ0n) is 11.5. The minimum Gasteiger partial charge on any atom is -0.478 e. The van der Waals surface area contributed by atoms with Gasteiger partial charge in [-0.3, -0.25) is 0 Å². The van der Waals surface area contributed by atoms with Gasteiger partial charge in [0.05, 0.1) is 0 Å². The molecule has 2 aromatic rings. The van der Waals surface area contributed by atoms with Gasteiger partial charge in [0.2, 0.25) is 0 Å². The molecule has 1 aliphatic carbocycles. The number of thiophene rings is 1. The van der Waals surface area contributed by atoms with Crippen molar-refractivity contribution in [3.05, 3.63) is 57.3 Å². The van der Waals surface area contributed by atoms with Crippen molar-refractivity contribution in [1.82, 2.24) is 0 Å². The highest BCUT2D eigenvalue weighted by Gasteiger charge is 2.11. The minimum atomic E-state index is -0.907. The Kier molecular flexibility index (Phi) is 4.46. The second-order valence-corrected chi connectivity index (χ2v) is 7.14. The molecule has 0 amide bonds. The first-order chi connectivity index (χ1) is 10.2. The van der Waals surface area contributed by atoms with E-state index in [1.54, 1.807) is 17.4 Å². The van der Waals surface area contributed by atoms with Crippen molar-refractivity contribution in [3.63, 3.8) is 0 Å². The standard InChI is InChI=1S/C17H16O2S2/c18-17(19)7-4-12-8-16(20-10-12)11-21-15-6-5-13-2-1-3-14(13)9-15/h4-10H,1-3,11H2,(H,18,19). The predicted octanol–water partition coefficient (Wildman–Crippen LogP) is 4.63. The molecule has 0 aliphatic heterocycles. The van der Waals surface area contributed by atoms with E-state index in [0.29, 0.717) is 0 Å². The number of carboxylic acids is 1. The van der Waals surface area contributed by atoms with Crippen LogP contribution in [0.2, 0.25) is 0 Å². The van der Waals surface area contributed by atoms with E-state index in [1.807, 2.05) is 17.1 Å². The first-order valence-electron chi connectivity index (χ1n) is 6.94. The Labute approximate surface area is 132 Å². The Hall–Kier alpha value is -1.52. The number of aryl methyl sites for hydroxylation is 2. The molecule has 1 aromatic carbocycles. The molecule has 0 atom stereocenters. The molecule has 4 heteroatoms. The van der Waals surface area contributed by atoms with Crippen molar-refractivity contribution < 1.29 is 9.90 Å². The van der Waals surface area contributed by atoms with E-state index in [1.165, 1.54) is 46.2 Å². The van der Waals surface area contributed by atoms with E-state index in [2.05, 4.69) is 24.3 Å². The highest BCUT2D eigenvalue weighted by Crippen LogP contribution is 2.30. The number of benzene rings is 1. The van der Waals surface area contributed by atoms with E-state index in [-0.39, 0.29) is 0 Å². The normalized spacial score (nSPS) is 13.7. The van der Waals surface area contributed by atoms with Gasteiger partial charge in [0.25, 0.3) is 0 Å². The Morgan fingerprint density at radius 1 is 1.29 bits per heavy atom. The number of hydrogen-bond acceptors (Lipinski definition) is 3. The summed E-state index contributed by atoms with van der Waals surface area (Å²) in [5.74, 6) is 0.0277. The maximum Gasteiger partial charge on any atom is 0.328 e. The van der Waals surface area contributed by atoms with Crippen LogP contribution in [0.5, 0.6) is 0 Å². The lowest BCUT2D eigenvalue weighted by atomic mass is 10.1. The first kappa shape index (κ1) is 14.4. The van der Waals surface area contributed by atoms with E-state index < -0.39 is 5.97 Å². The van der Waals surface area contributed by atoms with Gasteiger partial charge in [-0.05, 0) is 65.6 Å². The summed E-state index contributed by atoms with van der Waals surface area (Å²) in [6, 6.07) is 8.87. The number of carbonyl (C=O) groups is 1. The van der Waals surface area contributed by atoms with Gasteiger partial charge in [-0.25, -0.2) is 4.79 Å². The van der Waals surface area contributed by atoms with Crippen LogP contribution < -0.4 is 0 Å². The van der Waals surface area contributed by atoms with Gasteiger partial charge in [-0.15, -0.1) is 23.1 Å². The molecule has 0 fully saturated rings. The van der Waals surface area contributed by atoms with E-state index in [9.17, 15) is 4.79 Å². The lowest BCUT2D eigenvalue weighted by Crippen LogP contribution is -1.84. The van der Waals surface area contributed by atoms with Gasteiger partial charge < -0.3 is 5.11 Å². The Morgan fingerprint density at radius 2 is 2.14 bits per heavy atom. The summed E-state index contributed by atoms with van der Waals surface area (Å²) in [5.41, 5.74) is 3.99. The van der Waals surface area contributed by atoms with Crippen molar-refractivity contribution in [2.75, 3.05) is 0 Å². The lowest BCUT2D eigenvalue weighted by Gasteiger charge is -2.03. The first-order valence-corrected chi connectivity index (χ1v) is 8.80. The van der Waals surface area contributed by atoms with Gasteiger partial charge in [-0.1, -0.05) is 6.07 Å². The van der Waals surface area contributed by atoms with Crippen molar-refractivity contribution in [2.24, 2.45) is 0 Å². The molecule has 0 spiro atoms. The molecule has 0 radical (unpaired) electrons. The molecule has 1 aromatic heterocycles. The van der Waals surface area contributed by atoms with E-state index in [0.717, 1.165) is 11.3 Å². The van der Waals surface area contributed by atoms with Crippen LogP contribution in [-0.2, 0) is 23.4 Å². The number of carboxylic acid groups (broad SMARTS) is 1. The fraction of sp³-hybridized carbons (Fsp3) is 0.235. The van der Waals surface area contributed by atoms with Crippen LogP contribution in [0.4, 0.5) is 0 Å². The van der Waals surface area contributed by atoms with Crippen molar-refractivity contribution in [1.29, 1.82) is 0 Å². The summed E-state index contributed by atoms with van der Waals surface area (Å²) >= 11 is 3.53. The van der Waals surface area contributed by atoms with Gasteiger partial charge in [0.15, 0.2) is 0 Å². The number of fused-ring (bicyclic) bond motifs is 1. The van der Waals surface area contributed by atoms with Crippen LogP contribution in [0.25, 0.3) is 6.08 Å². The zero-order valence-corrected chi connectivity index (χ0v) is 13.2. The van der Waals surface area contributed by atoms with Crippen LogP contribution in [0.1, 0.15) is 28.0 Å². The average Bonchev–Trinajstić information content (AvgIpc) is 3.11. The molecule has 21 heavy (non-hydrogen) atoms. The summed E-state index contributed by atoms with van der Waals surface area (Å²) < 4.78 is 0. The number of thioether (sulfide) groups is 1. The third kappa shape index (κ3) is 3.77. The molecular formula is C17H16O2S2. The summed E-state index contributed by atoms with van der Waals surface area (Å²) in [5, 5.41) is 10.6. The number of hydrogen-bond donors (Lipinski definition) is 1. The Morgan fingerprint density at radius 3 is 3.00 bits per heavy atom. The van der Waals surface area contributed by atoms with Gasteiger partial charge >= 0.3 is 5.97 Å². The highest BCUT2D eigenvalue weighted by molar-refractivity contribution is 7.98. The molecule has 0 saturated heterocycles. The predicted molar refractivity (Wildman–Crippen MR) is 89.0 cm³/mol. The van der Waals surface area contributed by atoms with E-state index >= 15 is 0 Å². The summed E-state index contributed by atoms with van der Waals surface area (Å²) in [7, 11) is 0. The van der Waals surface area contributed by atoms with Gasteiger partial charge in [0.1, 0.15) is 0 Å². The second kappa shape index (κ2) is 6.50. The second-order valence-electron chi connectivity index (χ2n) is 5.09. The fourth-order valence-electron chi connectivity index (χ4n) is 2.52. The zero-order chi connectivity index (χ0) is 14.7. The van der Waals surface area contributed by atoms with Crippen LogP contribution in [0.15, 0.2) is 40.6 Å². The maximum absolute atomic E-state index is 10.5. The monoisotopic (exact) mass is 316 g/mol. The van der Waals surface area contributed by atoms with Crippen molar-refractivity contribution >= 4 is 35.1 Å². The molecule has 108 valence electrons. The minimum absolute atomic E-state index is 0.907. The molecule has 1 N–H and O–H groups in total. The topological polar surface area (TPSA) is 37.3 Å². The number of aliphatic carboxylic acids is 1. The third-order valence-corrected chi connectivity index (χ3v) is 5.72. The molecule has 0 bridgehead atoms. The van der Waals surface area contributed by atoms with Gasteiger partial charge in [-0.2, -0.15) is 0 Å². The summed E-state index contributed by atoms with van der Waals surface area (Å²) in [6.07, 6.45) is 6.55. The van der Waals surface area contributed by atoms with Crippen LogP contribution in [0, 0.1) is 0 Å². The van der Waals surface area contributed by atoms with Crippen molar-refractivity contribution in [2.45, 2.75) is 29.9 Å². The van der Waals surface area contributed by atoms with Gasteiger partial charge in [0, 0.05) is 21.6 Å². The lowest BCUT2D eigenvalue weighted by molar-refractivity contribution is -0.131. The largest absolute Gasteiger partial charge is 0.478 e. The highest BCUT2D eigenvalue weighted by atomic mass is 32.2. The molecule has 1 aliphatic rings. The third-order valence-electron chi connectivity index (χ3n) is 3.54. The molecule has 1 heterocycles. The van der Waals surface area contributed by atoms with Crippen LogP contribution in [0.3, 0.4) is 0 Å². The Balaban J connectivity index is 1.61. The van der Waals surface area contributed by atoms with E-state index in [4.69, 9.17) is 5.11 Å². The smallest absolute Gasteiger partial charge is 0.328 e. The van der Waals surface area contributed by atoms with Crippen LogP contribution in [-0.4, -0.2) is 11.1 Å². The molecule has 0 unspecified atom stereocenters. The quantitative estimate of drug-likeness (QED) is 0.645. The number of rotatable bonds is 5. The van der Waals surface area contributed by atoms with Crippen molar-refractivity contribution in [3.8, 4) is 0 Å². The SMILES string of the molecule is O=C(O)C=Cc1csc(CSc2ccc3c(c2)CCC3)c1. The maximum atomic E-state index is 10.5. The molecule has 0 saturated carbocycles. The van der Waals surface area contributed by atoms with Crippen LogP contribution >= 0.6 is 23.1 Å². The molecule has 3 rings (SSSR count). The Bertz CT molecular complexity index is 686.